The van der Waals surface area contributed by atoms with Crippen LogP contribution in [0.1, 0.15) is 52.2 Å². The van der Waals surface area contributed by atoms with Gasteiger partial charge in [-0.1, -0.05) is 39.8 Å². The molecule has 0 radical (unpaired) electrons. The van der Waals surface area contributed by atoms with Crippen molar-refractivity contribution in [2.24, 2.45) is 0 Å². The minimum atomic E-state index is 0.182. The highest BCUT2D eigenvalue weighted by Gasteiger charge is 2.16. The average Bonchev–Trinajstić information content (AvgIpc) is 2.35. The third-order valence-electron chi connectivity index (χ3n) is 3.42. The summed E-state index contributed by atoms with van der Waals surface area (Å²) in [5, 5.41) is 3.53. The second-order valence-corrected chi connectivity index (χ2v) is 6.34. The van der Waals surface area contributed by atoms with Gasteiger partial charge in [0.2, 0.25) is 0 Å². The van der Waals surface area contributed by atoms with E-state index in [0.29, 0.717) is 6.04 Å². The minimum Gasteiger partial charge on any atom is -0.496 e. The predicted octanol–water partition coefficient (Wildman–Crippen LogP) is 3.92. The molecule has 0 amide bonds. The largest absolute Gasteiger partial charge is 0.496 e. The molecule has 1 aromatic carbocycles. The number of benzene rings is 1. The van der Waals surface area contributed by atoms with Crippen LogP contribution in [0.5, 0.6) is 5.75 Å². The lowest BCUT2D eigenvalue weighted by atomic mass is 9.85. The molecule has 0 heterocycles. The number of ether oxygens (including phenoxy) is 1. The average molecular weight is 263 g/mol. The molecule has 1 N–H and O–H groups in total. The number of rotatable bonds is 6. The van der Waals surface area contributed by atoms with Crippen LogP contribution in [0.3, 0.4) is 0 Å². The zero-order valence-electron chi connectivity index (χ0n) is 13.3. The molecule has 0 fully saturated rings. The van der Waals surface area contributed by atoms with Gasteiger partial charge in [-0.15, -0.1) is 0 Å². The number of hydrogen-bond acceptors (Lipinski definition) is 2. The summed E-state index contributed by atoms with van der Waals surface area (Å²) in [6.45, 7) is 12.2. The fourth-order valence-electron chi connectivity index (χ4n) is 2.20. The van der Waals surface area contributed by atoms with E-state index in [-0.39, 0.29) is 5.41 Å². The molecule has 0 saturated carbocycles. The Morgan fingerprint density at radius 1 is 1.26 bits per heavy atom. The Kier molecular flexibility index (Phi) is 5.86. The van der Waals surface area contributed by atoms with Crippen molar-refractivity contribution in [3.05, 3.63) is 29.3 Å². The maximum Gasteiger partial charge on any atom is 0.122 e. The molecule has 1 rings (SSSR count). The van der Waals surface area contributed by atoms with Crippen LogP contribution in [0.4, 0.5) is 0 Å². The van der Waals surface area contributed by atoms with Gasteiger partial charge in [-0.05, 0) is 48.9 Å². The molecular weight excluding hydrogens is 234 g/mol. The molecule has 0 aliphatic carbocycles. The Hall–Kier alpha value is -1.02. The van der Waals surface area contributed by atoms with E-state index in [4.69, 9.17) is 4.74 Å². The van der Waals surface area contributed by atoms with Crippen LogP contribution in [0.25, 0.3) is 0 Å². The summed E-state index contributed by atoms with van der Waals surface area (Å²) < 4.78 is 5.49. The first-order chi connectivity index (χ1) is 8.88. The van der Waals surface area contributed by atoms with Crippen LogP contribution >= 0.6 is 0 Å². The van der Waals surface area contributed by atoms with Crippen LogP contribution in [0.15, 0.2) is 18.2 Å². The predicted molar refractivity (Wildman–Crippen MR) is 83.2 cm³/mol. The molecule has 19 heavy (non-hydrogen) atoms. The zero-order valence-corrected chi connectivity index (χ0v) is 13.3. The minimum absolute atomic E-state index is 0.182. The van der Waals surface area contributed by atoms with E-state index in [2.05, 4.69) is 58.1 Å². The first-order valence-electron chi connectivity index (χ1n) is 7.29. The molecule has 1 atom stereocenters. The SMILES string of the molecule is CCCNC(C)Cc1cc(C(C)(C)C)ccc1OC. The van der Waals surface area contributed by atoms with Crippen LogP contribution < -0.4 is 10.1 Å². The normalized spacial score (nSPS) is 13.4. The monoisotopic (exact) mass is 263 g/mol. The Balaban J connectivity index is 2.90. The Labute approximate surface area is 118 Å². The van der Waals surface area contributed by atoms with Crippen molar-refractivity contribution in [3.63, 3.8) is 0 Å². The van der Waals surface area contributed by atoms with Crippen LogP contribution in [-0.2, 0) is 11.8 Å². The summed E-state index contributed by atoms with van der Waals surface area (Å²) in [6.07, 6.45) is 2.18. The van der Waals surface area contributed by atoms with Crippen LogP contribution in [0, 0.1) is 0 Å². The van der Waals surface area contributed by atoms with Gasteiger partial charge in [0.25, 0.3) is 0 Å². The van der Waals surface area contributed by atoms with Crippen LogP contribution in [0.2, 0.25) is 0 Å². The summed E-state index contributed by atoms with van der Waals surface area (Å²) in [4.78, 5) is 0. The van der Waals surface area contributed by atoms with Gasteiger partial charge in [0.1, 0.15) is 5.75 Å². The molecule has 0 aromatic heterocycles. The van der Waals surface area contributed by atoms with Gasteiger partial charge >= 0.3 is 0 Å². The smallest absolute Gasteiger partial charge is 0.122 e. The van der Waals surface area contributed by atoms with E-state index in [0.717, 1.165) is 18.7 Å². The van der Waals surface area contributed by atoms with E-state index < -0.39 is 0 Å². The third kappa shape index (κ3) is 4.87. The van der Waals surface area contributed by atoms with Crippen molar-refractivity contribution >= 4 is 0 Å². The van der Waals surface area contributed by atoms with Gasteiger partial charge < -0.3 is 10.1 Å². The molecule has 1 aromatic rings. The lowest BCUT2D eigenvalue weighted by molar-refractivity contribution is 0.405. The first kappa shape index (κ1) is 16.0. The van der Waals surface area contributed by atoms with Crippen molar-refractivity contribution in [2.45, 2.75) is 58.9 Å². The zero-order chi connectivity index (χ0) is 14.5. The number of nitrogens with one attached hydrogen (secondary N) is 1. The van der Waals surface area contributed by atoms with Crippen molar-refractivity contribution in [3.8, 4) is 5.75 Å². The lowest BCUT2D eigenvalue weighted by Gasteiger charge is -2.22. The van der Waals surface area contributed by atoms with Crippen molar-refractivity contribution < 1.29 is 4.74 Å². The summed E-state index contributed by atoms with van der Waals surface area (Å²) in [7, 11) is 1.75. The Morgan fingerprint density at radius 3 is 2.47 bits per heavy atom. The lowest BCUT2D eigenvalue weighted by Crippen LogP contribution is -2.29. The van der Waals surface area contributed by atoms with Gasteiger partial charge in [-0.3, -0.25) is 0 Å². The molecule has 108 valence electrons. The van der Waals surface area contributed by atoms with Crippen molar-refractivity contribution in [1.29, 1.82) is 0 Å². The molecule has 0 saturated heterocycles. The highest BCUT2D eigenvalue weighted by atomic mass is 16.5. The van der Waals surface area contributed by atoms with Gasteiger partial charge in [0.15, 0.2) is 0 Å². The second-order valence-electron chi connectivity index (χ2n) is 6.34. The molecule has 0 bridgehead atoms. The van der Waals surface area contributed by atoms with Gasteiger partial charge in [0.05, 0.1) is 7.11 Å². The van der Waals surface area contributed by atoms with E-state index >= 15 is 0 Å². The standard InChI is InChI=1S/C17H29NO/c1-7-10-18-13(2)11-14-12-15(17(3,4)5)8-9-16(14)19-6/h8-9,12-13,18H,7,10-11H2,1-6H3. The Morgan fingerprint density at radius 2 is 1.95 bits per heavy atom. The summed E-state index contributed by atoms with van der Waals surface area (Å²) in [5.41, 5.74) is 2.85. The van der Waals surface area contributed by atoms with Crippen molar-refractivity contribution in [2.75, 3.05) is 13.7 Å². The Bertz CT molecular complexity index is 393. The molecular formula is C17H29NO. The van der Waals surface area contributed by atoms with E-state index in [1.165, 1.54) is 17.5 Å². The van der Waals surface area contributed by atoms with Crippen LogP contribution in [-0.4, -0.2) is 19.7 Å². The fourth-order valence-corrected chi connectivity index (χ4v) is 2.20. The van der Waals surface area contributed by atoms with E-state index in [1.54, 1.807) is 7.11 Å². The molecule has 0 spiro atoms. The van der Waals surface area contributed by atoms with E-state index in [1.807, 2.05) is 0 Å². The molecule has 0 aliphatic heterocycles. The molecule has 1 unspecified atom stereocenters. The fraction of sp³-hybridized carbons (Fsp3) is 0.647. The molecule has 0 aliphatic rings. The molecule has 2 heteroatoms. The second kappa shape index (κ2) is 6.95. The van der Waals surface area contributed by atoms with Crippen molar-refractivity contribution in [1.82, 2.24) is 5.32 Å². The highest BCUT2D eigenvalue weighted by Crippen LogP contribution is 2.28. The number of methoxy groups -OCH3 is 1. The highest BCUT2D eigenvalue weighted by molar-refractivity contribution is 5.40. The topological polar surface area (TPSA) is 21.3 Å². The quantitative estimate of drug-likeness (QED) is 0.840. The first-order valence-corrected chi connectivity index (χ1v) is 7.29. The summed E-state index contributed by atoms with van der Waals surface area (Å²) in [5.74, 6) is 0.998. The van der Waals surface area contributed by atoms with Gasteiger partial charge in [-0.25, -0.2) is 0 Å². The third-order valence-corrected chi connectivity index (χ3v) is 3.42. The summed E-state index contributed by atoms with van der Waals surface area (Å²) >= 11 is 0. The molecule has 2 nitrogen and oxygen atoms in total. The maximum absolute atomic E-state index is 5.49. The maximum atomic E-state index is 5.49. The summed E-state index contributed by atoms with van der Waals surface area (Å²) in [6, 6.07) is 7.04. The number of hydrogen-bond donors (Lipinski definition) is 1. The van der Waals surface area contributed by atoms with E-state index in [9.17, 15) is 0 Å². The van der Waals surface area contributed by atoms with Gasteiger partial charge in [-0.2, -0.15) is 0 Å². The van der Waals surface area contributed by atoms with Gasteiger partial charge in [0, 0.05) is 6.04 Å².